The van der Waals surface area contributed by atoms with Crippen LogP contribution in [0, 0.1) is 24.1 Å². The van der Waals surface area contributed by atoms with Crippen LogP contribution < -0.4 is 0 Å². The van der Waals surface area contributed by atoms with Crippen LogP contribution in [0.4, 0.5) is 4.39 Å². The first-order valence-electron chi connectivity index (χ1n) is 7.89. The largest absolute Gasteiger partial charge is 0.448 e. The summed E-state index contributed by atoms with van der Waals surface area (Å²) in [6, 6.07) is 7.76. The molecule has 0 aliphatic carbocycles. The van der Waals surface area contributed by atoms with Gasteiger partial charge in [0.05, 0.1) is 18.2 Å². The summed E-state index contributed by atoms with van der Waals surface area (Å²) >= 11 is 1.13. The zero-order valence-electron chi connectivity index (χ0n) is 14.7. The molecule has 0 aliphatic rings. The Morgan fingerprint density at radius 1 is 1.38 bits per heavy atom. The molecule has 1 amide bonds. The number of benzene rings is 1. The molecule has 0 saturated carbocycles. The number of carbonyl (C=O) groups excluding carboxylic acids is 2. The molecule has 2 rings (SSSR count). The van der Waals surface area contributed by atoms with Crippen molar-refractivity contribution in [2.45, 2.75) is 26.4 Å². The van der Waals surface area contributed by atoms with Crippen molar-refractivity contribution < 1.29 is 18.7 Å². The molecule has 136 valence electrons. The molecule has 2 aromatic rings. The van der Waals surface area contributed by atoms with E-state index in [0.29, 0.717) is 21.1 Å². The van der Waals surface area contributed by atoms with Crippen molar-refractivity contribution in [2.75, 3.05) is 13.6 Å². The van der Waals surface area contributed by atoms with Gasteiger partial charge in [-0.1, -0.05) is 0 Å². The molecule has 0 saturated heterocycles. The van der Waals surface area contributed by atoms with E-state index >= 15 is 0 Å². The minimum atomic E-state index is -0.970. The van der Waals surface area contributed by atoms with E-state index in [1.54, 1.807) is 26.1 Å². The predicted molar refractivity (Wildman–Crippen MR) is 95.0 cm³/mol. The van der Waals surface area contributed by atoms with Gasteiger partial charge in [0, 0.05) is 19.2 Å². The summed E-state index contributed by atoms with van der Waals surface area (Å²) in [6.07, 6.45) is -0.764. The highest BCUT2D eigenvalue weighted by molar-refractivity contribution is 7.17. The molecular weight excluding hydrogens is 357 g/mol. The lowest BCUT2D eigenvalue weighted by molar-refractivity contribution is -0.138. The Bertz CT molecular complexity index is 842. The average Bonchev–Trinajstić information content (AvgIpc) is 3.01. The normalized spacial score (nSPS) is 11.5. The van der Waals surface area contributed by atoms with Crippen molar-refractivity contribution in [1.29, 1.82) is 5.26 Å². The van der Waals surface area contributed by atoms with Crippen LogP contribution in [0.25, 0.3) is 10.6 Å². The quantitative estimate of drug-likeness (QED) is 0.724. The Morgan fingerprint density at radius 2 is 2.04 bits per heavy atom. The first kappa shape index (κ1) is 19.5. The van der Waals surface area contributed by atoms with Crippen LogP contribution >= 0.6 is 11.3 Å². The summed E-state index contributed by atoms with van der Waals surface area (Å²) in [5.41, 5.74) is 1.18. The molecule has 0 spiro atoms. The molecule has 0 aliphatic heterocycles. The van der Waals surface area contributed by atoms with Crippen LogP contribution in [0.1, 0.15) is 28.7 Å². The molecule has 0 N–H and O–H groups in total. The molecule has 1 aromatic carbocycles. The molecule has 0 radical (unpaired) electrons. The zero-order valence-corrected chi connectivity index (χ0v) is 15.5. The van der Waals surface area contributed by atoms with Crippen molar-refractivity contribution in [2.24, 2.45) is 0 Å². The number of hydrogen-bond donors (Lipinski definition) is 0. The van der Waals surface area contributed by atoms with Gasteiger partial charge in [-0.25, -0.2) is 14.2 Å². The number of aromatic nitrogens is 1. The standard InChI is InChI=1S/C18H18FN3O3S/c1-11-15(26-16(21-11)13-5-7-14(19)8-6-13)18(24)25-12(2)17(23)22(3)10-4-9-20/h5-8,12H,4,10H2,1-3H3/t12-/m1/s1. The number of amides is 1. The van der Waals surface area contributed by atoms with Crippen LogP contribution in [0.2, 0.25) is 0 Å². The van der Waals surface area contributed by atoms with E-state index in [1.165, 1.54) is 24.0 Å². The van der Waals surface area contributed by atoms with Gasteiger partial charge in [0.25, 0.3) is 5.91 Å². The van der Waals surface area contributed by atoms with Crippen LogP contribution in [-0.4, -0.2) is 41.5 Å². The third-order valence-electron chi connectivity index (χ3n) is 3.64. The first-order valence-corrected chi connectivity index (χ1v) is 8.71. The van der Waals surface area contributed by atoms with E-state index in [4.69, 9.17) is 10.00 Å². The number of thiazole rings is 1. The number of nitrogens with zero attached hydrogens (tertiary/aromatic N) is 3. The molecule has 1 aromatic heterocycles. The number of aryl methyl sites for hydroxylation is 1. The van der Waals surface area contributed by atoms with Crippen LogP contribution in [0.5, 0.6) is 0 Å². The second-order valence-electron chi connectivity index (χ2n) is 5.66. The number of ether oxygens (including phenoxy) is 1. The highest BCUT2D eigenvalue weighted by Gasteiger charge is 2.25. The number of nitriles is 1. The maximum atomic E-state index is 13.0. The van der Waals surface area contributed by atoms with Gasteiger partial charge >= 0.3 is 5.97 Å². The Morgan fingerprint density at radius 3 is 2.65 bits per heavy atom. The summed E-state index contributed by atoms with van der Waals surface area (Å²) < 4.78 is 18.3. The number of hydrogen-bond acceptors (Lipinski definition) is 6. The maximum absolute atomic E-state index is 13.0. The summed E-state index contributed by atoms with van der Waals surface area (Å²) in [5.74, 6) is -1.37. The summed E-state index contributed by atoms with van der Waals surface area (Å²) in [5, 5.41) is 9.14. The fourth-order valence-electron chi connectivity index (χ4n) is 2.20. The average molecular weight is 375 g/mol. The van der Waals surface area contributed by atoms with Crippen LogP contribution in [0.3, 0.4) is 0 Å². The SMILES string of the molecule is Cc1nc(-c2ccc(F)cc2)sc1C(=O)O[C@H](C)C(=O)N(C)CCC#N. The smallest absolute Gasteiger partial charge is 0.351 e. The van der Waals surface area contributed by atoms with E-state index in [1.807, 2.05) is 6.07 Å². The summed E-state index contributed by atoms with van der Waals surface area (Å²) in [6.45, 7) is 3.43. The van der Waals surface area contributed by atoms with E-state index in [9.17, 15) is 14.0 Å². The van der Waals surface area contributed by atoms with Crippen LogP contribution in [0.15, 0.2) is 24.3 Å². The van der Waals surface area contributed by atoms with Crippen molar-refractivity contribution in [3.63, 3.8) is 0 Å². The van der Waals surface area contributed by atoms with Crippen LogP contribution in [-0.2, 0) is 9.53 Å². The minimum absolute atomic E-state index is 0.206. The second-order valence-corrected chi connectivity index (χ2v) is 6.65. The third kappa shape index (κ3) is 4.64. The fourth-order valence-corrected chi connectivity index (χ4v) is 3.16. The van der Waals surface area contributed by atoms with E-state index in [-0.39, 0.29) is 24.7 Å². The van der Waals surface area contributed by atoms with E-state index in [0.717, 1.165) is 11.3 Å². The van der Waals surface area contributed by atoms with Crippen molar-refractivity contribution in [3.05, 3.63) is 40.7 Å². The van der Waals surface area contributed by atoms with Gasteiger partial charge in [0.1, 0.15) is 15.7 Å². The predicted octanol–water partition coefficient (Wildman–Crippen LogP) is 3.18. The van der Waals surface area contributed by atoms with E-state index in [2.05, 4.69) is 4.98 Å². The van der Waals surface area contributed by atoms with Crippen molar-refractivity contribution in [1.82, 2.24) is 9.88 Å². The highest BCUT2D eigenvalue weighted by atomic mass is 32.1. The second kappa shape index (κ2) is 8.54. The van der Waals surface area contributed by atoms with Gasteiger partial charge in [-0.15, -0.1) is 11.3 Å². The van der Waals surface area contributed by atoms with Gasteiger partial charge in [-0.2, -0.15) is 5.26 Å². The fraction of sp³-hybridized carbons (Fsp3) is 0.333. The molecule has 1 heterocycles. The lowest BCUT2D eigenvalue weighted by Gasteiger charge is -2.20. The first-order chi connectivity index (χ1) is 12.3. The minimum Gasteiger partial charge on any atom is -0.448 e. The van der Waals surface area contributed by atoms with Gasteiger partial charge < -0.3 is 9.64 Å². The van der Waals surface area contributed by atoms with E-state index < -0.39 is 12.1 Å². The Balaban J connectivity index is 2.09. The van der Waals surface area contributed by atoms with Crippen molar-refractivity contribution >= 4 is 23.2 Å². The number of rotatable bonds is 6. The highest BCUT2D eigenvalue weighted by Crippen LogP contribution is 2.28. The summed E-state index contributed by atoms with van der Waals surface area (Å²) in [7, 11) is 1.55. The molecule has 0 unspecified atom stereocenters. The third-order valence-corrected chi connectivity index (χ3v) is 4.83. The molecular formula is C18H18FN3O3S. The number of likely N-dealkylation sites (N-methyl/N-ethyl adjacent to an activating group) is 1. The maximum Gasteiger partial charge on any atom is 0.351 e. The molecule has 26 heavy (non-hydrogen) atoms. The lowest BCUT2D eigenvalue weighted by Crippen LogP contribution is -2.37. The van der Waals surface area contributed by atoms with Crippen molar-refractivity contribution in [3.8, 4) is 16.6 Å². The molecule has 1 atom stereocenters. The molecule has 6 nitrogen and oxygen atoms in total. The number of carbonyl (C=O) groups is 2. The zero-order chi connectivity index (χ0) is 19.3. The summed E-state index contributed by atoms with van der Waals surface area (Å²) in [4.78, 5) is 30.5. The van der Waals surface area contributed by atoms with Gasteiger partial charge in [-0.05, 0) is 38.1 Å². The lowest BCUT2D eigenvalue weighted by atomic mass is 10.2. The van der Waals surface area contributed by atoms with Gasteiger partial charge in [-0.3, -0.25) is 4.79 Å². The number of halogens is 1. The molecule has 0 bridgehead atoms. The Hall–Kier alpha value is -2.79. The molecule has 8 heteroatoms. The molecule has 0 fully saturated rings. The Labute approximate surface area is 154 Å². The monoisotopic (exact) mass is 375 g/mol. The van der Waals surface area contributed by atoms with Gasteiger partial charge in [0.15, 0.2) is 6.10 Å². The number of esters is 1. The topological polar surface area (TPSA) is 83.3 Å². The Kier molecular flexibility index (Phi) is 6.41. The van der Waals surface area contributed by atoms with Gasteiger partial charge in [0.2, 0.25) is 0 Å².